The van der Waals surface area contributed by atoms with Gasteiger partial charge in [0, 0.05) is 50.3 Å². The lowest BCUT2D eigenvalue weighted by Gasteiger charge is -2.16. The van der Waals surface area contributed by atoms with Gasteiger partial charge in [-0.15, -0.1) is 0 Å². The molecule has 0 aliphatic heterocycles. The van der Waals surface area contributed by atoms with Crippen molar-refractivity contribution in [2.24, 2.45) is 0 Å². The van der Waals surface area contributed by atoms with E-state index >= 15 is 0 Å². The lowest BCUT2D eigenvalue weighted by atomic mass is 9.89. The van der Waals surface area contributed by atoms with E-state index < -0.39 is 0 Å². The van der Waals surface area contributed by atoms with Crippen molar-refractivity contribution in [2.45, 2.75) is 12.8 Å². The molecule has 1 aliphatic carbocycles. The fraction of sp³-hybridized carbons (Fsp3) is 0.0435. The molecule has 3 heterocycles. The van der Waals surface area contributed by atoms with Crippen molar-refractivity contribution in [3.8, 4) is 11.4 Å². The zero-order chi connectivity index (χ0) is 32.1. The van der Waals surface area contributed by atoms with Crippen LogP contribution in [0, 0.1) is 0 Å². The monoisotopic (exact) mass is 626 g/mol. The topological polar surface area (TPSA) is 23.0 Å². The van der Waals surface area contributed by atoms with E-state index in [1.807, 2.05) is 0 Å². The summed E-state index contributed by atoms with van der Waals surface area (Å²) in [7, 11) is 0. The van der Waals surface area contributed by atoms with E-state index in [0.717, 1.165) is 35.6 Å². The molecule has 0 bridgehead atoms. The SMILES string of the molecule is C1=C(c2cccc(-n3c4ccccc4c4ccc5c6ccccc6n(-c6ccccc6)c5c43)c2)c2c(oc3cc4ccccc4cc23)CC1. The Hall–Kier alpha value is -6.32. The van der Waals surface area contributed by atoms with E-state index in [1.54, 1.807) is 0 Å². The van der Waals surface area contributed by atoms with Crippen LogP contribution in [0.2, 0.25) is 0 Å². The minimum atomic E-state index is 0.915. The van der Waals surface area contributed by atoms with E-state index in [9.17, 15) is 0 Å². The summed E-state index contributed by atoms with van der Waals surface area (Å²) >= 11 is 0. The van der Waals surface area contributed by atoms with Gasteiger partial charge >= 0.3 is 0 Å². The van der Waals surface area contributed by atoms with Crippen molar-refractivity contribution >= 4 is 70.9 Å². The van der Waals surface area contributed by atoms with Gasteiger partial charge in [-0.2, -0.15) is 0 Å². The molecule has 3 heteroatoms. The van der Waals surface area contributed by atoms with Crippen LogP contribution in [0.3, 0.4) is 0 Å². The van der Waals surface area contributed by atoms with Gasteiger partial charge in [0.05, 0.1) is 22.1 Å². The third-order valence-corrected chi connectivity index (χ3v) is 10.5. The van der Waals surface area contributed by atoms with E-state index in [4.69, 9.17) is 4.42 Å². The maximum absolute atomic E-state index is 6.55. The minimum absolute atomic E-state index is 0.915. The summed E-state index contributed by atoms with van der Waals surface area (Å²) in [5, 5.41) is 8.65. The first-order chi connectivity index (χ1) is 24.3. The number of benzene rings is 7. The zero-order valence-corrected chi connectivity index (χ0v) is 26.7. The standard InChI is InChI=1S/C46H30N2O/c1-2-15-32(16-3-1)47-40-21-8-6-18-35(40)37-24-25-38-36-19-7-9-22-41(36)48(46(38)45(37)47)33-17-10-14-31(26-33)34-20-11-23-42-44(34)39-27-29-12-4-5-13-30(29)28-43(39)49-42/h1-10,12-22,24-28H,11,23H2. The van der Waals surface area contributed by atoms with Crippen LogP contribution in [-0.4, -0.2) is 9.13 Å². The van der Waals surface area contributed by atoms with Crippen molar-refractivity contribution in [1.82, 2.24) is 9.13 Å². The highest BCUT2D eigenvalue weighted by Gasteiger charge is 2.24. The Kier molecular flexibility index (Phi) is 5.50. The number of hydrogen-bond donors (Lipinski definition) is 0. The van der Waals surface area contributed by atoms with Crippen molar-refractivity contribution in [1.29, 1.82) is 0 Å². The maximum atomic E-state index is 6.55. The number of allylic oxidation sites excluding steroid dienone is 1. The third kappa shape index (κ3) is 3.78. The van der Waals surface area contributed by atoms with Gasteiger partial charge in [-0.25, -0.2) is 0 Å². The second kappa shape index (κ2) is 10.1. The fourth-order valence-electron chi connectivity index (χ4n) is 8.44. The molecule has 0 N–H and O–H groups in total. The number of rotatable bonds is 3. The van der Waals surface area contributed by atoms with Gasteiger partial charge in [-0.1, -0.05) is 109 Å². The number of hydrogen-bond acceptors (Lipinski definition) is 1. The number of para-hydroxylation sites is 3. The van der Waals surface area contributed by atoms with Crippen LogP contribution < -0.4 is 0 Å². The summed E-state index contributed by atoms with van der Waals surface area (Å²) in [6.07, 6.45) is 4.28. The Morgan fingerprint density at radius 2 is 1.08 bits per heavy atom. The molecule has 49 heavy (non-hydrogen) atoms. The van der Waals surface area contributed by atoms with E-state index in [0.29, 0.717) is 0 Å². The zero-order valence-electron chi connectivity index (χ0n) is 26.7. The van der Waals surface area contributed by atoms with Crippen LogP contribution in [0.1, 0.15) is 23.3 Å². The Morgan fingerprint density at radius 3 is 1.82 bits per heavy atom. The highest BCUT2D eigenvalue weighted by atomic mass is 16.3. The van der Waals surface area contributed by atoms with Crippen LogP contribution in [0.4, 0.5) is 0 Å². The van der Waals surface area contributed by atoms with Gasteiger partial charge in [0.25, 0.3) is 0 Å². The van der Waals surface area contributed by atoms with Gasteiger partial charge in [0.15, 0.2) is 0 Å². The molecule has 3 aromatic heterocycles. The summed E-state index contributed by atoms with van der Waals surface area (Å²) in [5.41, 5.74) is 11.8. The molecule has 11 rings (SSSR count). The highest BCUT2D eigenvalue weighted by molar-refractivity contribution is 6.23. The van der Waals surface area contributed by atoms with Crippen molar-refractivity contribution < 1.29 is 4.42 Å². The second-order valence-electron chi connectivity index (χ2n) is 13.2. The molecule has 0 saturated heterocycles. The van der Waals surface area contributed by atoms with E-state index in [2.05, 4.69) is 167 Å². The number of nitrogens with zero attached hydrogens (tertiary/aromatic N) is 2. The average molecular weight is 627 g/mol. The Morgan fingerprint density at radius 1 is 0.469 bits per heavy atom. The summed E-state index contributed by atoms with van der Waals surface area (Å²) in [5.74, 6) is 1.08. The molecule has 0 radical (unpaired) electrons. The molecule has 0 saturated carbocycles. The molecule has 10 aromatic rings. The number of aryl methyl sites for hydroxylation is 1. The van der Waals surface area contributed by atoms with Crippen molar-refractivity contribution in [3.05, 3.63) is 175 Å². The van der Waals surface area contributed by atoms with Crippen LogP contribution in [-0.2, 0) is 6.42 Å². The summed E-state index contributed by atoms with van der Waals surface area (Å²) in [6.45, 7) is 0. The van der Waals surface area contributed by atoms with Crippen molar-refractivity contribution in [2.75, 3.05) is 0 Å². The summed E-state index contributed by atoms with van der Waals surface area (Å²) < 4.78 is 11.5. The van der Waals surface area contributed by atoms with Crippen LogP contribution in [0.15, 0.2) is 162 Å². The predicted molar refractivity (Wildman–Crippen MR) is 204 cm³/mol. The first-order valence-electron chi connectivity index (χ1n) is 17.1. The lowest BCUT2D eigenvalue weighted by Crippen LogP contribution is -2.01. The third-order valence-electron chi connectivity index (χ3n) is 10.5. The largest absolute Gasteiger partial charge is 0.460 e. The van der Waals surface area contributed by atoms with Gasteiger partial charge in [0.1, 0.15) is 11.3 Å². The molecule has 0 unspecified atom stereocenters. The first-order valence-corrected chi connectivity index (χ1v) is 17.1. The van der Waals surface area contributed by atoms with Gasteiger partial charge < -0.3 is 13.6 Å². The molecule has 1 aliphatic rings. The number of aromatic nitrogens is 2. The van der Waals surface area contributed by atoms with E-state index in [1.165, 1.54) is 76.5 Å². The molecule has 0 spiro atoms. The summed E-state index contributed by atoms with van der Waals surface area (Å²) in [6, 6.07) is 55.2. The first kappa shape index (κ1) is 26.7. The average Bonchev–Trinajstić information content (AvgIpc) is 3.81. The van der Waals surface area contributed by atoms with Crippen LogP contribution in [0.5, 0.6) is 0 Å². The lowest BCUT2D eigenvalue weighted by molar-refractivity contribution is 0.546. The Bertz CT molecular complexity index is 2990. The van der Waals surface area contributed by atoms with Crippen LogP contribution in [0.25, 0.3) is 82.3 Å². The molecule has 230 valence electrons. The predicted octanol–water partition coefficient (Wildman–Crippen LogP) is 12.2. The van der Waals surface area contributed by atoms with E-state index in [-0.39, 0.29) is 0 Å². The second-order valence-corrected chi connectivity index (χ2v) is 13.2. The van der Waals surface area contributed by atoms with Gasteiger partial charge in [-0.05, 0) is 76.9 Å². The molecule has 3 nitrogen and oxygen atoms in total. The molecule has 0 atom stereocenters. The smallest absolute Gasteiger partial charge is 0.135 e. The molecular weight excluding hydrogens is 597 g/mol. The van der Waals surface area contributed by atoms with Crippen LogP contribution >= 0.6 is 0 Å². The normalized spacial score (nSPS) is 13.3. The molecule has 7 aromatic carbocycles. The molecular formula is C46H30N2O. The van der Waals surface area contributed by atoms with Crippen molar-refractivity contribution in [3.63, 3.8) is 0 Å². The molecule has 0 fully saturated rings. The number of furan rings is 1. The Labute approximate surface area is 282 Å². The fourth-order valence-corrected chi connectivity index (χ4v) is 8.44. The summed E-state index contributed by atoms with van der Waals surface area (Å²) in [4.78, 5) is 0. The van der Waals surface area contributed by atoms with Gasteiger partial charge in [-0.3, -0.25) is 0 Å². The Balaban J connectivity index is 1.20. The quantitative estimate of drug-likeness (QED) is 0.191. The number of fused-ring (bicyclic) bond motifs is 11. The van der Waals surface area contributed by atoms with Gasteiger partial charge in [0.2, 0.25) is 0 Å². The highest BCUT2D eigenvalue weighted by Crippen LogP contribution is 2.44. The molecule has 0 amide bonds. The maximum Gasteiger partial charge on any atom is 0.135 e. The minimum Gasteiger partial charge on any atom is -0.460 e.